The molecular formula is C27H41NO3. The molecular weight excluding hydrogens is 386 g/mol. The van der Waals surface area contributed by atoms with Gasteiger partial charge in [0.25, 0.3) is 0 Å². The Bertz CT molecular complexity index is 740. The standard InChI is InChI=1S/C27H41NO3/c1-6-30-25-13-8-11-23(21-25)15-19-28(5)18-10-17-27(22(3)4)24(16-20-29)12-9-14-26(27)31-7-2/h8-9,11-14,20-22,24H,6-7,10,15-19H2,1-5H3/t24-,27?/m1/s1. The molecule has 4 nitrogen and oxygen atoms in total. The Kier molecular flexibility index (Phi) is 10.3. The van der Waals surface area contributed by atoms with E-state index in [1.807, 2.05) is 19.9 Å². The number of rotatable bonds is 14. The summed E-state index contributed by atoms with van der Waals surface area (Å²) in [5.74, 6) is 2.59. The van der Waals surface area contributed by atoms with Crippen LogP contribution in [-0.4, -0.2) is 44.5 Å². The lowest BCUT2D eigenvalue weighted by atomic mass is 9.61. The lowest BCUT2D eigenvalue weighted by Gasteiger charge is -2.45. The third kappa shape index (κ3) is 6.70. The molecule has 0 radical (unpaired) electrons. The van der Waals surface area contributed by atoms with E-state index in [4.69, 9.17) is 9.47 Å². The van der Waals surface area contributed by atoms with E-state index in [-0.39, 0.29) is 11.3 Å². The van der Waals surface area contributed by atoms with Crippen LogP contribution in [0.3, 0.4) is 0 Å². The quantitative estimate of drug-likeness (QED) is 0.358. The molecule has 0 aromatic heterocycles. The zero-order chi connectivity index (χ0) is 22.7. The molecule has 0 saturated carbocycles. The smallest absolute Gasteiger partial charge is 0.120 e. The second kappa shape index (κ2) is 12.7. The van der Waals surface area contributed by atoms with Crippen LogP contribution in [0.5, 0.6) is 5.75 Å². The van der Waals surface area contributed by atoms with E-state index in [0.717, 1.165) is 50.1 Å². The van der Waals surface area contributed by atoms with E-state index >= 15 is 0 Å². The van der Waals surface area contributed by atoms with Gasteiger partial charge in [0.15, 0.2) is 0 Å². The molecule has 1 aliphatic carbocycles. The second-order valence-electron chi connectivity index (χ2n) is 8.79. The molecule has 0 aliphatic heterocycles. The molecule has 0 bridgehead atoms. The molecule has 31 heavy (non-hydrogen) atoms. The molecule has 4 heteroatoms. The van der Waals surface area contributed by atoms with Gasteiger partial charge in [0.1, 0.15) is 17.8 Å². The van der Waals surface area contributed by atoms with Gasteiger partial charge in [-0.15, -0.1) is 0 Å². The molecule has 172 valence electrons. The zero-order valence-corrected chi connectivity index (χ0v) is 20.1. The Morgan fingerprint density at radius 1 is 1.16 bits per heavy atom. The lowest BCUT2D eigenvalue weighted by molar-refractivity contribution is -0.109. The molecule has 1 aliphatic rings. The molecule has 1 aromatic carbocycles. The minimum Gasteiger partial charge on any atom is -0.498 e. The summed E-state index contributed by atoms with van der Waals surface area (Å²) in [5.41, 5.74) is 1.19. The Hall–Kier alpha value is -2.07. The number of allylic oxidation sites excluding steroid dienone is 4. The number of likely N-dealkylation sites (N-methyl/N-ethyl adjacent to an activating group) is 1. The van der Waals surface area contributed by atoms with E-state index in [0.29, 0.717) is 25.6 Å². The highest BCUT2D eigenvalue weighted by atomic mass is 16.5. The van der Waals surface area contributed by atoms with Gasteiger partial charge in [-0.1, -0.05) is 38.1 Å². The zero-order valence-electron chi connectivity index (χ0n) is 20.1. The predicted molar refractivity (Wildman–Crippen MR) is 128 cm³/mol. The van der Waals surface area contributed by atoms with Crippen LogP contribution in [0.25, 0.3) is 0 Å². The summed E-state index contributed by atoms with van der Waals surface area (Å²) in [7, 11) is 2.19. The molecule has 1 aromatic rings. The maximum atomic E-state index is 11.4. The SMILES string of the molecule is CCOC1=CC=C[C@H](CC=O)C1(CCCN(C)CCc1cccc(OCC)c1)C(C)C. The summed E-state index contributed by atoms with van der Waals surface area (Å²) in [6.45, 7) is 12.0. The van der Waals surface area contributed by atoms with Crippen molar-refractivity contribution in [1.82, 2.24) is 4.90 Å². The van der Waals surface area contributed by atoms with Crippen LogP contribution in [0.15, 0.2) is 48.3 Å². The summed E-state index contributed by atoms with van der Waals surface area (Å²) in [4.78, 5) is 13.8. The first-order chi connectivity index (χ1) is 15.0. The van der Waals surface area contributed by atoms with Crippen molar-refractivity contribution in [2.24, 2.45) is 17.3 Å². The number of benzene rings is 1. The first-order valence-corrected chi connectivity index (χ1v) is 11.8. The number of carbonyl (C=O) groups is 1. The van der Waals surface area contributed by atoms with Crippen molar-refractivity contribution in [3.63, 3.8) is 0 Å². The summed E-state index contributed by atoms with van der Waals surface area (Å²) in [5, 5.41) is 0. The molecule has 0 heterocycles. The Morgan fingerprint density at radius 2 is 1.94 bits per heavy atom. The predicted octanol–water partition coefficient (Wildman–Crippen LogP) is 5.68. The summed E-state index contributed by atoms with van der Waals surface area (Å²) >= 11 is 0. The highest BCUT2D eigenvalue weighted by molar-refractivity contribution is 5.51. The molecule has 0 N–H and O–H groups in total. The van der Waals surface area contributed by atoms with E-state index in [9.17, 15) is 4.79 Å². The van der Waals surface area contributed by atoms with Gasteiger partial charge in [-0.2, -0.15) is 0 Å². The van der Waals surface area contributed by atoms with Crippen LogP contribution >= 0.6 is 0 Å². The molecule has 2 atom stereocenters. The van der Waals surface area contributed by atoms with Gasteiger partial charge in [-0.3, -0.25) is 0 Å². The van der Waals surface area contributed by atoms with Crippen molar-refractivity contribution in [3.05, 3.63) is 53.8 Å². The van der Waals surface area contributed by atoms with Crippen LogP contribution in [0.1, 0.15) is 52.5 Å². The number of ether oxygens (including phenoxy) is 2. The van der Waals surface area contributed by atoms with E-state index < -0.39 is 0 Å². The van der Waals surface area contributed by atoms with E-state index in [1.165, 1.54) is 5.56 Å². The first-order valence-electron chi connectivity index (χ1n) is 11.8. The fraction of sp³-hybridized carbons (Fsp3) is 0.593. The number of nitrogens with zero attached hydrogens (tertiary/aromatic N) is 1. The first kappa shape index (κ1) is 25.2. The molecule has 1 unspecified atom stereocenters. The minimum absolute atomic E-state index is 0.113. The van der Waals surface area contributed by atoms with E-state index in [2.05, 4.69) is 62.2 Å². The minimum atomic E-state index is -0.113. The fourth-order valence-corrected chi connectivity index (χ4v) is 4.86. The van der Waals surface area contributed by atoms with Crippen molar-refractivity contribution >= 4 is 6.29 Å². The highest BCUT2D eigenvalue weighted by Crippen LogP contribution is 2.50. The van der Waals surface area contributed by atoms with Gasteiger partial charge in [-0.05, 0) is 82.3 Å². The molecule has 0 saturated heterocycles. The lowest BCUT2D eigenvalue weighted by Crippen LogP contribution is -2.40. The van der Waals surface area contributed by atoms with Crippen LogP contribution in [0.2, 0.25) is 0 Å². The van der Waals surface area contributed by atoms with Gasteiger partial charge in [0.2, 0.25) is 0 Å². The average molecular weight is 428 g/mol. The van der Waals surface area contributed by atoms with Crippen molar-refractivity contribution in [2.75, 3.05) is 33.4 Å². The van der Waals surface area contributed by atoms with Crippen molar-refractivity contribution in [2.45, 2.75) is 53.4 Å². The van der Waals surface area contributed by atoms with Gasteiger partial charge in [0.05, 0.1) is 13.2 Å². The second-order valence-corrected chi connectivity index (χ2v) is 8.79. The highest BCUT2D eigenvalue weighted by Gasteiger charge is 2.45. The maximum Gasteiger partial charge on any atom is 0.120 e. The molecule has 0 amide bonds. The third-order valence-corrected chi connectivity index (χ3v) is 6.51. The Morgan fingerprint density at radius 3 is 2.61 bits per heavy atom. The largest absolute Gasteiger partial charge is 0.498 e. The summed E-state index contributed by atoms with van der Waals surface area (Å²) in [6, 6.07) is 8.39. The summed E-state index contributed by atoms with van der Waals surface area (Å²) in [6.07, 6.45) is 11.1. The van der Waals surface area contributed by atoms with Gasteiger partial charge < -0.3 is 19.2 Å². The van der Waals surface area contributed by atoms with E-state index in [1.54, 1.807) is 0 Å². The monoisotopic (exact) mass is 427 g/mol. The maximum absolute atomic E-state index is 11.4. The number of hydrogen-bond acceptors (Lipinski definition) is 4. The van der Waals surface area contributed by atoms with Crippen molar-refractivity contribution in [3.8, 4) is 5.75 Å². The normalized spacial score (nSPS) is 20.7. The molecule has 0 fully saturated rings. The summed E-state index contributed by atoms with van der Waals surface area (Å²) < 4.78 is 11.7. The van der Waals surface area contributed by atoms with Crippen LogP contribution in [0, 0.1) is 17.3 Å². The molecule has 0 spiro atoms. The Balaban J connectivity index is 1.97. The third-order valence-electron chi connectivity index (χ3n) is 6.51. The van der Waals surface area contributed by atoms with Crippen LogP contribution < -0.4 is 4.74 Å². The number of carbonyl (C=O) groups excluding carboxylic acids is 1. The fourth-order valence-electron chi connectivity index (χ4n) is 4.86. The Labute approximate surface area is 189 Å². The van der Waals surface area contributed by atoms with Gasteiger partial charge >= 0.3 is 0 Å². The topological polar surface area (TPSA) is 38.8 Å². The van der Waals surface area contributed by atoms with Crippen LogP contribution in [-0.2, 0) is 16.0 Å². The van der Waals surface area contributed by atoms with Gasteiger partial charge in [0, 0.05) is 18.4 Å². The van der Waals surface area contributed by atoms with Crippen molar-refractivity contribution in [1.29, 1.82) is 0 Å². The van der Waals surface area contributed by atoms with Crippen LogP contribution in [0.4, 0.5) is 0 Å². The van der Waals surface area contributed by atoms with Gasteiger partial charge in [-0.25, -0.2) is 0 Å². The number of hydrogen-bond donors (Lipinski definition) is 0. The van der Waals surface area contributed by atoms with Crippen molar-refractivity contribution < 1.29 is 14.3 Å². The number of aldehydes is 1. The average Bonchev–Trinajstić information content (AvgIpc) is 2.75. The molecule has 2 rings (SSSR count).